The average molecular weight is 318 g/mol. The van der Waals surface area contributed by atoms with Crippen LogP contribution >= 0.6 is 15.9 Å². The van der Waals surface area contributed by atoms with Gasteiger partial charge in [-0.25, -0.2) is 4.98 Å². The lowest BCUT2D eigenvalue weighted by atomic mass is 10.2. The van der Waals surface area contributed by atoms with Crippen molar-refractivity contribution in [1.29, 1.82) is 0 Å². The molecule has 6 heteroatoms. The van der Waals surface area contributed by atoms with E-state index in [0.29, 0.717) is 5.75 Å². The third-order valence-corrected chi connectivity index (χ3v) is 2.63. The number of aromatic nitrogens is 1. The Balaban J connectivity index is 2.22. The van der Waals surface area contributed by atoms with E-state index >= 15 is 0 Å². The van der Waals surface area contributed by atoms with Crippen LogP contribution in [0.1, 0.15) is 5.56 Å². The fourth-order valence-corrected chi connectivity index (χ4v) is 1.53. The van der Waals surface area contributed by atoms with Crippen LogP contribution in [-0.2, 0) is 6.18 Å². The SMILES string of the molecule is FC(F)(F)c1ccnc(Oc2ccc(Br)cc2)c1. The quantitative estimate of drug-likeness (QED) is 0.804. The minimum Gasteiger partial charge on any atom is -0.439 e. The molecule has 2 rings (SSSR count). The minimum absolute atomic E-state index is 0.0906. The fourth-order valence-electron chi connectivity index (χ4n) is 1.26. The Morgan fingerprint density at radius 2 is 1.72 bits per heavy atom. The van der Waals surface area contributed by atoms with Crippen molar-refractivity contribution in [2.75, 3.05) is 0 Å². The highest BCUT2D eigenvalue weighted by Crippen LogP contribution is 2.31. The smallest absolute Gasteiger partial charge is 0.416 e. The first kappa shape index (κ1) is 12.9. The molecule has 94 valence electrons. The molecule has 2 nitrogen and oxygen atoms in total. The van der Waals surface area contributed by atoms with E-state index in [4.69, 9.17) is 4.74 Å². The molecule has 0 aliphatic heterocycles. The van der Waals surface area contributed by atoms with Gasteiger partial charge in [-0.2, -0.15) is 13.2 Å². The monoisotopic (exact) mass is 317 g/mol. The molecule has 0 bridgehead atoms. The largest absolute Gasteiger partial charge is 0.439 e. The lowest BCUT2D eigenvalue weighted by Gasteiger charge is -2.08. The number of rotatable bonds is 2. The number of ether oxygens (including phenoxy) is 1. The van der Waals surface area contributed by atoms with Crippen LogP contribution in [0.5, 0.6) is 11.6 Å². The number of hydrogen-bond donors (Lipinski definition) is 0. The van der Waals surface area contributed by atoms with Gasteiger partial charge in [0.25, 0.3) is 0 Å². The molecule has 1 heterocycles. The number of hydrogen-bond acceptors (Lipinski definition) is 2. The highest BCUT2D eigenvalue weighted by atomic mass is 79.9. The van der Waals surface area contributed by atoms with Crippen molar-refractivity contribution in [3.8, 4) is 11.6 Å². The molecule has 0 saturated carbocycles. The normalized spacial score (nSPS) is 11.3. The van der Waals surface area contributed by atoms with Gasteiger partial charge in [-0.1, -0.05) is 15.9 Å². The van der Waals surface area contributed by atoms with Crippen LogP contribution in [0, 0.1) is 0 Å². The van der Waals surface area contributed by atoms with Gasteiger partial charge in [0.1, 0.15) is 5.75 Å². The summed E-state index contributed by atoms with van der Waals surface area (Å²) in [5, 5.41) is 0. The molecule has 1 aromatic carbocycles. The van der Waals surface area contributed by atoms with E-state index < -0.39 is 11.7 Å². The van der Waals surface area contributed by atoms with Gasteiger partial charge in [0.05, 0.1) is 5.56 Å². The van der Waals surface area contributed by atoms with Crippen molar-refractivity contribution < 1.29 is 17.9 Å². The molecular formula is C12H7BrF3NO. The lowest BCUT2D eigenvalue weighted by molar-refractivity contribution is -0.137. The number of alkyl halides is 3. The second kappa shape index (κ2) is 4.97. The summed E-state index contributed by atoms with van der Waals surface area (Å²) in [6, 6.07) is 8.47. The predicted molar refractivity (Wildman–Crippen MR) is 63.5 cm³/mol. The third kappa shape index (κ3) is 3.22. The Hall–Kier alpha value is -1.56. The van der Waals surface area contributed by atoms with Crippen molar-refractivity contribution in [2.24, 2.45) is 0 Å². The summed E-state index contributed by atoms with van der Waals surface area (Å²) >= 11 is 3.25. The Labute approximate surface area is 110 Å². The van der Waals surface area contributed by atoms with E-state index in [2.05, 4.69) is 20.9 Å². The van der Waals surface area contributed by atoms with Gasteiger partial charge in [0.2, 0.25) is 5.88 Å². The maximum atomic E-state index is 12.5. The van der Waals surface area contributed by atoms with Gasteiger partial charge in [-0.05, 0) is 30.3 Å². The summed E-state index contributed by atoms with van der Waals surface area (Å²) in [7, 11) is 0. The minimum atomic E-state index is -4.40. The van der Waals surface area contributed by atoms with E-state index in [9.17, 15) is 13.2 Å². The van der Waals surface area contributed by atoms with Crippen LogP contribution < -0.4 is 4.74 Å². The third-order valence-electron chi connectivity index (χ3n) is 2.10. The highest BCUT2D eigenvalue weighted by molar-refractivity contribution is 9.10. The topological polar surface area (TPSA) is 22.1 Å². The van der Waals surface area contributed by atoms with E-state index in [0.717, 1.165) is 22.8 Å². The first-order valence-corrected chi connectivity index (χ1v) is 5.71. The standard InChI is InChI=1S/C12H7BrF3NO/c13-9-1-3-10(4-2-9)18-11-7-8(5-6-17-11)12(14,15)16/h1-7H. The first-order valence-electron chi connectivity index (χ1n) is 4.92. The Morgan fingerprint density at radius 3 is 2.33 bits per heavy atom. The molecule has 0 amide bonds. The van der Waals surface area contributed by atoms with Crippen molar-refractivity contribution in [2.45, 2.75) is 6.18 Å². The maximum absolute atomic E-state index is 12.5. The van der Waals surface area contributed by atoms with Crippen LogP contribution in [0.15, 0.2) is 47.1 Å². The molecule has 0 spiro atoms. The summed E-state index contributed by atoms with van der Waals surface area (Å²) in [5.41, 5.74) is -0.787. The van der Waals surface area contributed by atoms with Gasteiger partial charge >= 0.3 is 6.18 Å². The second-order valence-electron chi connectivity index (χ2n) is 3.44. The lowest BCUT2D eigenvalue weighted by Crippen LogP contribution is -2.05. The van der Waals surface area contributed by atoms with Crippen LogP contribution in [0.2, 0.25) is 0 Å². The molecular weight excluding hydrogens is 311 g/mol. The summed E-state index contributed by atoms with van der Waals surface area (Å²) < 4.78 is 43.5. The van der Waals surface area contributed by atoms with Crippen molar-refractivity contribution >= 4 is 15.9 Å². The summed E-state index contributed by atoms with van der Waals surface area (Å²) in [4.78, 5) is 3.74. The number of halogens is 4. The van der Waals surface area contributed by atoms with Crippen LogP contribution in [0.3, 0.4) is 0 Å². The van der Waals surface area contributed by atoms with Crippen molar-refractivity contribution in [1.82, 2.24) is 4.98 Å². The Bertz CT molecular complexity index is 540. The molecule has 1 aromatic heterocycles. The van der Waals surface area contributed by atoms with Crippen LogP contribution in [0.4, 0.5) is 13.2 Å². The fraction of sp³-hybridized carbons (Fsp3) is 0.0833. The molecule has 0 unspecified atom stereocenters. The molecule has 0 fully saturated rings. The zero-order chi connectivity index (χ0) is 13.2. The van der Waals surface area contributed by atoms with Gasteiger partial charge < -0.3 is 4.74 Å². The van der Waals surface area contributed by atoms with Gasteiger partial charge in [0.15, 0.2) is 0 Å². The van der Waals surface area contributed by atoms with E-state index in [1.807, 2.05) is 0 Å². The molecule has 0 radical (unpaired) electrons. The Morgan fingerprint density at radius 1 is 1.06 bits per heavy atom. The zero-order valence-corrected chi connectivity index (χ0v) is 10.5. The summed E-state index contributed by atoms with van der Waals surface area (Å²) in [6.45, 7) is 0. The Kier molecular flexibility index (Phi) is 3.56. The van der Waals surface area contributed by atoms with Crippen molar-refractivity contribution in [3.05, 3.63) is 52.6 Å². The average Bonchev–Trinajstić information content (AvgIpc) is 2.31. The van der Waals surface area contributed by atoms with Crippen LogP contribution in [0.25, 0.3) is 0 Å². The molecule has 0 aliphatic rings. The number of pyridine rings is 1. The summed E-state index contributed by atoms with van der Waals surface area (Å²) in [5.74, 6) is 0.331. The maximum Gasteiger partial charge on any atom is 0.416 e. The second-order valence-corrected chi connectivity index (χ2v) is 4.35. The zero-order valence-electron chi connectivity index (χ0n) is 8.91. The van der Waals surface area contributed by atoms with E-state index in [1.54, 1.807) is 24.3 Å². The van der Waals surface area contributed by atoms with E-state index in [-0.39, 0.29) is 5.88 Å². The van der Waals surface area contributed by atoms with Gasteiger partial charge in [0, 0.05) is 16.7 Å². The van der Waals surface area contributed by atoms with Crippen LogP contribution in [-0.4, -0.2) is 4.98 Å². The molecule has 0 N–H and O–H groups in total. The predicted octanol–water partition coefficient (Wildman–Crippen LogP) is 4.66. The molecule has 2 aromatic rings. The summed E-state index contributed by atoms with van der Waals surface area (Å²) in [6.07, 6.45) is -3.34. The molecule has 0 atom stereocenters. The molecule has 0 saturated heterocycles. The molecule has 18 heavy (non-hydrogen) atoms. The number of benzene rings is 1. The van der Waals surface area contributed by atoms with Gasteiger partial charge in [-0.15, -0.1) is 0 Å². The van der Waals surface area contributed by atoms with E-state index in [1.165, 1.54) is 0 Å². The van der Waals surface area contributed by atoms with Crippen molar-refractivity contribution in [3.63, 3.8) is 0 Å². The first-order chi connectivity index (χ1) is 8.45. The highest BCUT2D eigenvalue weighted by Gasteiger charge is 2.30. The van der Waals surface area contributed by atoms with Gasteiger partial charge in [-0.3, -0.25) is 0 Å². The molecule has 0 aliphatic carbocycles. The number of nitrogens with zero attached hydrogens (tertiary/aromatic N) is 1.